The molecule has 68 heavy (non-hydrogen) atoms. The Morgan fingerprint density at radius 1 is 0.221 bits per heavy atom. The van der Waals surface area contributed by atoms with Crippen LogP contribution in [0.2, 0.25) is 0 Å². The minimum atomic E-state index is 0.671. The lowest BCUT2D eigenvalue weighted by Gasteiger charge is -2.13. The van der Waals surface area contributed by atoms with E-state index in [-0.39, 0.29) is 0 Å². The Labute approximate surface area is 394 Å². The molecule has 0 bridgehead atoms. The predicted octanol–water partition coefficient (Wildman–Crippen LogP) is 16.7. The minimum absolute atomic E-state index is 0.671. The third-order valence-corrected chi connectivity index (χ3v) is 13.4. The van der Waals surface area contributed by atoms with E-state index >= 15 is 0 Å². The highest BCUT2D eigenvalue weighted by molar-refractivity contribution is 6.10. The van der Waals surface area contributed by atoms with Crippen LogP contribution < -0.4 is 0 Å². The van der Waals surface area contributed by atoms with Crippen molar-refractivity contribution in [2.45, 2.75) is 0 Å². The SMILES string of the molecule is c1ccc(-c2cccc(-c3ccc(-c4cc(-c5ccc(-c6ccc(-n7c8ccccc8c8ccccc87)cc6)cc5)nc(-c5cccc(-n6c7ccccc7c7ccccc76)c5)n4)cc3)c2)cc1. The van der Waals surface area contributed by atoms with E-state index in [1.807, 2.05) is 0 Å². The molecule has 13 aromatic rings. The zero-order valence-corrected chi connectivity index (χ0v) is 37.0. The summed E-state index contributed by atoms with van der Waals surface area (Å²) >= 11 is 0. The summed E-state index contributed by atoms with van der Waals surface area (Å²) in [5.74, 6) is 0.671. The van der Waals surface area contributed by atoms with Crippen LogP contribution >= 0.6 is 0 Å². The monoisotopic (exact) mass is 866 g/mol. The summed E-state index contributed by atoms with van der Waals surface area (Å²) in [5.41, 5.74) is 18.7. The predicted molar refractivity (Wildman–Crippen MR) is 283 cm³/mol. The van der Waals surface area contributed by atoms with Gasteiger partial charge in [-0.1, -0.05) is 194 Å². The Bertz CT molecular complexity index is 3890. The maximum absolute atomic E-state index is 5.32. The number of fused-ring (bicyclic) bond motifs is 6. The van der Waals surface area contributed by atoms with Gasteiger partial charge in [-0.2, -0.15) is 0 Å². The van der Waals surface area contributed by atoms with Crippen molar-refractivity contribution in [1.29, 1.82) is 0 Å². The maximum Gasteiger partial charge on any atom is 0.160 e. The summed E-state index contributed by atoms with van der Waals surface area (Å²) in [4.78, 5) is 10.6. The van der Waals surface area contributed by atoms with Gasteiger partial charge in [-0.05, 0) is 94.0 Å². The molecule has 0 radical (unpaired) electrons. The molecular formula is C64H42N4. The minimum Gasteiger partial charge on any atom is -0.309 e. The Morgan fingerprint density at radius 2 is 0.574 bits per heavy atom. The largest absolute Gasteiger partial charge is 0.309 e. The summed E-state index contributed by atoms with van der Waals surface area (Å²) < 4.78 is 4.70. The van der Waals surface area contributed by atoms with E-state index in [4.69, 9.17) is 9.97 Å². The standard InChI is InChI=1S/C64H42N4/c1-2-14-43(15-3-1)49-16-12-17-50(40-49)46-30-34-48(35-31-46)59-42-58(65-64(66-59)51-18-13-19-53(41-51)68-62-26-10-6-22-56(62)57-23-7-11-27-63(57)68)47-32-28-44(29-33-47)45-36-38-52(39-37-45)67-60-24-8-4-20-54(60)55-21-5-9-25-61(55)67/h1-42H. The number of benzene rings is 10. The molecule has 318 valence electrons. The first-order chi connectivity index (χ1) is 33.7. The first-order valence-corrected chi connectivity index (χ1v) is 23.1. The average Bonchev–Trinajstić information content (AvgIpc) is 3.94. The van der Waals surface area contributed by atoms with E-state index in [9.17, 15) is 0 Å². The number of rotatable bonds is 8. The molecule has 3 heterocycles. The van der Waals surface area contributed by atoms with Crippen LogP contribution in [0.15, 0.2) is 255 Å². The van der Waals surface area contributed by atoms with E-state index in [1.54, 1.807) is 0 Å². The molecular weight excluding hydrogens is 825 g/mol. The second-order valence-electron chi connectivity index (χ2n) is 17.4. The Morgan fingerprint density at radius 3 is 1.07 bits per heavy atom. The molecule has 0 aliphatic carbocycles. The fourth-order valence-electron chi connectivity index (χ4n) is 10.0. The number of hydrogen-bond donors (Lipinski definition) is 0. The van der Waals surface area contributed by atoms with E-state index in [2.05, 4.69) is 264 Å². The fourth-order valence-corrected chi connectivity index (χ4v) is 10.0. The number of aromatic nitrogens is 4. The second-order valence-corrected chi connectivity index (χ2v) is 17.4. The Kier molecular flexibility index (Phi) is 9.47. The van der Waals surface area contributed by atoms with Crippen molar-refractivity contribution >= 4 is 43.6 Å². The molecule has 0 saturated carbocycles. The summed E-state index contributed by atoms with van der Waals surface area (Å²) in [7, 11) is 0. The molecule has 0 amide bonds. The average molecular weight is 867 g/mol. The van der Waals surface area contributed by atoms with E-state index < -0.39 is 0 Å². The van der Waals surface area contributed by atoms with Crippen molar-refractivity contribution in [3.05, 3.63) is 255 Å². The van der Waals surface area contributed by atoms with Crippen LogP contribution in [0, 0.1) is 0 Å². The van der Waals surface area contributed by atoms with Gasteiger partial charge in [-0.3, -0.25) is 0 Å². The van der Waals surface area contributed by atoms with Crippen molar-refractivity contribution in [3.63, 3.8) is 0 Å². The van der Waals surface area contributed by atoms with Gasteiger partial charge in [-0.25, -0.2) is 9.97 Å². The van der Waals surface area contributed by atoms with Gasteiger partial charge in [0.05, 0.1) is 33.5 Å². The lowest BCUT2D eigenvalue weighted by Crippen LogP contribution is -1.98. The van der Waals surface area contributed by atoms with Crippen LogP contribution in [0.3, 0.4) is 0 Å². The molecule has 10 aromatic carbocycles. The van der Waals surface area contributed by atoms with Gasteiger partial charge in [-0.15, -0.1) is 0 Å². The van der Waals surface area contributed by atoms with Gasteiger partial charge in [0.2, 0.25) is 0 Å². The van der Waals surface area contributed by atoms with Crippen molar-refractivity contribution in [1.82, 2.24) is 19.1 Å². The molecule has 0 aliphatic rings. The third-order valence-electron chi connectivity index (χ3n) is 13.4. The number of para-hydroxylation sites is 4. The lowest BCUT2D eigenvalue weighted by molar-refractivity contribution is 1.16. The lowest BCUT2D eigenvalue weighted by atomic mass is 9.97. The first-order valence-electron chi connectivity index (χ1n) is 23.1. The fraction of sp³-hybridized carbons (Fsp3) is 0. The van der Waals surface area contributed by atoms with Crippen LogP contribution in [-0.2, 0) is 0 Å². The van der Waals surface area contributed by atoms with Gasteiger partial charge in [0.25, 0.3) is 0 Å². The molecule has 4 nitrogen and oxygen atoms in total. The maximum atomic E-state index is 5.32. The summed E-state index contributed by atoms with van der Waals surface area (Å²) in [6, 6.07) is 91.0. The van der Waals surface area contributed by atoms with Gasteiger partial charge in [0, 0.05) is 49.6 Å². The third kappa shape index (κ3) is 6.86. The molecule has 0 atom stereocenters. The van der Waals surface area contributed by atoms with Crippen molar-refractivity contribution in [3.8, 4) is 78.7 Å². The zero-order valence-electron chi connectivity index (χ0n) is 37.0. The summed E-state index contributed by atoms with van der Waals surface area (Å²) in [6.45, 7) is 0. The molecule has 0 saturated heterocycles. The molecule has 0 aliphatic heterocycles. The first kappa shape index (κ1) is 39.3. The van der Waals surface area contributed by atoms with Crippen molar-refractivity contribution in [2.24, 2.45) is 0 Å². The molecule has 4 heteroatoms. The van der Waals surface area contributed by atoms with Gasteiger partial charge in [0.1, 0.15) is 0 Å². The van der Waals surface area contributed by atoms with E-state index in [0.717, 1.165) is 67.2 Å². The highest BCUT2D eigenvalue weighted by Crippen LogP contribution is 2.37. The topological polar surface area (TPSA) is 35.6 Å². The second kappa shape index (κ2) is 16.4. The molecule has 0 N–H and O–H groups in total. The molecule has 0 fully saturated rings. The molecule has 0 unspecified atom stereocenters. The summed E-state index contributed by atoms with van der Waals surface area (Å²) in [6.07, 6.45) is 0. The van der Waals surface area contributed by atoms with Crippen molar-refractivity contribution in [2.75, 3.05) is 0 Å². The number of hydrogen-bond acceptors (Lipinski definition) is 2. The van der Waals surface area contributed by atoms with Crippen molar-refractivity contribution < 1.29 is 0 Å². The van der Waals surface area contributed by atoms with Crippen LogP contribution in [-0.4, -0.2) is 19.1 Å². The molecule has 13 rings (SSSR count). The van der Waals surface area contributed by atoms with Crippen LogP contribution in [0.4, 0.5) is 0 Å². The van der Waals surface area contributed by atoms with Crippen LogP contribution in [0.5, 0.6) is 0 Å². The van der Waals surface area contributed by atoms with E-state index in [0.29, 0.717) is 5.82 Å². The summed E-state index contributed by atoms with van der Waals surface area (Å²) in [5, 5.41) is 4.98. The van der Waals surface area contributed by atoms with Gasteiger partial charge >= 0.3 is 0 Å². The normalized spacial score (nSPS) is 11.5. The molecule has 3 aromatic heterocycles. The smallest absolute Gasteiger partial charge is 0.160 e. The Hall–Kier alpha value is -9.12. The zero-order chi connectivity index (χ0) is 45.0. The molecule has 0 spiro atoms. The number of nitrogens with zero attached hydrogens (tertiary/aromatic N) is 4. The van der Waals surface area contributed by atoms with Gasteiger partial charge in [0.15, 0.2) is 5.82 Å². The highest BCUT2D eigenvalue weighted by atomic mass is 15.0. The highest BCUT2D eigenvalue weighted by Gasteiger charge is 2.16. The quantitative estimate of drug-likeness (QED) is 0.153. The van der Waals surface area contributed by atoms with E-state index in [1.165, 1.54) is 49.3 Å². The van der Waals surface area contributed by atoms with Gasteiger partial charge < -0.3 is 9.13 Å². The van der Waals surface area contributed by atoms with Crippen LogP contribution in [0.25, 0.3) is 122 Å². The van der Waals surface area contributed by atoms with Crippen LogP contribution in [0.1, 0.15) is 0 Å². The Balaban J connectivity index is 0.879.